The molecule has 7 nitrogen and oxygen atoms in total. The lowest BCUT2D eigenvalue weighted by Crippen LogP contribution is -2.22. The van der Waals surface area contributed by atoms with Crippen LogP contribution in [0.1, 0.15) is 12.5 Å². The van der Waals surface area contributed by atoms with E-state index in [0.717, 1.165) is 5.56 Å². The molecule has 0 saturated heterocycles. The minimum Gasteiger partial charge on any atom is -0.480 e. The number of aliphatic carboxylic acids is 1. The first-order valence-electron chi connectivity index (χ1n) is 5.30. The van der Waals surface area contributed by atoms with E-state index >= 15 is 0 Å². The van der Waals surface area contributed by atoms with Crippen LogP contribution in [0.3, 0.4) is 0 Å². The van der Waals surface area contributed by atoms with E-state index in [1.54, 1.807) is 13.0 Å². The number of carbonyl (C=O) groups is 2. The minimum absolute atomic E-state index is 0.190. The number of anilines is 2. The van der Waals surface area contributed by atoms with Gasteiger partial charge < -0.3 is 10.4 Å². The number of benzene rings is 1. The summed E-state index contributed by atoms with van der Waals surface area (Å²) in [5, 5.41) is 11.0. The van der Waals surface area contributed by atoms with Gasteiger partial charge >= 0.3 is 5.97 Å². The topological polar surface area (TPSA) is 113 Å². The molecule has 0 radical (unpaired) electrons. The van der Waals surface area contributed by atoms with Gasteiger partial charge in [0.2, 0.25) is 15.9 Å². The number of carbonyl (C=O) groups excluding carboxylic acids is 1. The number of carboxylic acid groups (broad SMARTS) is 1. The number of amides is 1. The monoisotopic (exact) mass is 286 g/mol. The second-order valence-electron chi connectivity index (χ2n) is 3.97. The van der Waals surface area contributed by atoms with E-state index < -0.39 is 21.7 Å². The van der Waals surface area contributed by atoms with Gasteiger partial charge in [-0.1, -0.05) is 6.07 Å². The minimum atomic E-state index is -3.95. The zero-order chi connectivity index (χ0) is 14.6. The molecule has 0 aliphatic carbocycles. The van der Waals surface area contributed by atoms with Crippen LogP contribution < -0.4 is 10.0 Å². The summed E-state index contributed by atoms with van der Waals surface area (Å²) in [5.74, 6) is -2.74. The first-order valence-corrected chi connectivity index (χ1v) is 6.95. The second-order valence-corrected chi connectivity index (χ2v) is 5.69. The number of aryl methyl sites for hydroxylation is 1. The van der Waals surface area contributed by atoms with Crippen molar-refractivity contribution in [3.63, 3.8) is 0 Å². The third-order valence-corrected chi connectivity index (χ3v) is 3.31. The van der Waals surface area contributed by atoms with Gasteiger partial charge in [-0.2, -0.15) is 0 Å². The van der Waals surface area contributed by atoms with Crippen LogP contribution in [0, 0.1) is 6.92 Å². The molecule has 104 valence electrons. The van der Waals surface area contributed by atoms with Crippen LogP contribution in [0.2, 0.25) is 0 Å². The number of rotatable bonds is 5. The second kappa shape index (κ2) is 5.70. The van der Waals surface area contributed by atoms with E-state index in [0.29, 0.717) is 5.69 Å². The molecular formula is C11H14N2O5S. The molecule has 0 spiro atoms. The molecule has 0 saturated carbocycles. The van der Waals surface area contributed by atoms with E-state index in [4.69, 9.17) is 5.11 Å². The largest absolute Gasteiger partial charge is 0.480 e. The summed E-state index contributed by atoms with van der Waals surface area (Å²) < 4.78 is 25.0. The molecule has 0 fully saturated rings. The fourth-order valence-corrected chi connectivity index (χ4v) is 2.27. The molecule has 1 rings (SSSR count). The average Bonchev–Trinajstić information content (AvgIpc) is 2.19. The van der Waals surface area contributed by atoms with Crippen molar-refractivity contribution in [1.82, 2.24) is 0 Å². The fourth-order valence-electron chi connectivity index (χ4n) is 1.39. The van der Waals surface area contributed by atoms with Crippen LogP contribution in [0.25, 0.3) is 0 Å². The average molecular weight is 286 g/mol. The number of hydrogen-bond donors (Lipinski definition) is 3. The lowest BCUT2D eigenvalue weighted by molar-refractivity contribution is -0.134. The molecule has 1 amide bonds. The highest BCUT2D eigenvalue weighted by Crippen LogP contribution is 2.21. The first kappa shape index (κ1) is 15.0. The molecule has 0 aliphatic heterocycles. The van der Waals surface area contributed by atoms with Crippen molar-refractivity contribution in [3.05, 3.63) is 23.8 Å². The SMILES string of the molecule is CC(=O)Nc1cc(NS(=O)(=O)CC(=O)O)ccc1C. The van der Waals surface area contributed by atoms with Crippen molar-refractivity contribution in [1.29, 1.82) is 0 Å². The Bertz CT molecular complexity index is 610. The Hall–Kier alpha value is -2.09. The lowest BCUT2D eigenvalue weighted by atomic mass is 10.2. The Labute approximate surface area is 110 Å². The zero-order valence-electron chi connectivity index (χ0n) is 10.4. The smallest absolute Gasteiger partial charge is 0.320 e. The molecule has 3 N–H and O–H groups in total. The Kier molecular flexibility index (Phi) is 4.49. The highest BCUT2D eigenvalue weighted by Gasteiger charge is 2.16. The van der Waals surface area contributed by atoms with Crippen molar-refractivity contribution in [2.75, 3.05) is 15.8 Å². The number of carboxylic acids is 1. The maximum absolute atomic E-state index is 11.4. The third-order valence-electron chi connectivity index (χ3n) is 2.14. The first-order chi connectivity index (χ1) is 8.69. The Morgan fingerprint density at radius 3 is 2.47 bits per heavy atom. The van der Waals surface area contributed by atoms with Crippen LogP contribution in [0.4, 0.5) is 11.4 Å². The molecule has 0 bridgehead atoms. The van der Waals surface area contributed by atoms with Crippen LogP contribution in [-0.2, 0) is 19.6 Å². The quantitative estimate of drug-likeness (QED) is 0.740. The van der Waals surface area contributed by atoms with E-state index in [1.165, 1.54) is 19.1 Å². The van der Waals surface area contributed by atoms with Crippen molar-refractivity contribution in [3.8, 4) is 0 Å². The lowest BCUT2D eigenvalue weighted by Gasteiger charge is -2.10. The Balaban J connectivity index is 2.97. The van der Waals surface area contributed by atoms with Crippen molar-refractivity contribution in [2.45, 2.75) is 13.8 Å². The zero-order valence-corrected chi connectivity index (χ0v) is 11.2. The molecule has 1 aromatic rings. The van der Waals surface area contributed by atoms with Crippen molar-refractivity contribution >= 4 is 33.3 Å². The highest BCUT2D eigenvalue weighted by molar-refractivity contribution is 7.93. The standard InChI is InChI=1S/C11H14N2O5S/c1-7-3-4-9(5-10(7)12-8(2)14)13-19(17,18)6-11(15)16/h3-5,13H,6H2,1-2H3,(H,12,14)(H,15,16). The summed E-state index contributed by atoms with van der Waals surface area (Å²) in [4.78, 5) is 21.4. The molecule has 0 atom stereocenters. The van der Waals surface area contributed by atoms with Gasteiger partial charge in [0.25, 0.3) is 0 Å². The molecule has 0 unspecified atom stereocenters. The highest BCUT2D eigenvalue weighted by atomic mass is 32.2. The fraction of sp³-hybridized carbons (Fsp3) is 0.273. The van der Waals surface area contributed by atoms with Gasteiger partial charge in [-0.05, 0) is 24.6 Å². The van der Waals surface area contributed by atoms with Crippen molar-refractivity contribution < 1.29 is 23.1 Å². The molecule has 19 heavy (non-hydrogen) atoms. The summed E-state index contributed by atoms with van der Waals surface area (Å²) >= 11 is 0. The summed E-state index contributed by atoms with van der Waals surface area (Å²) in [5.41, 5.74) is 1.41. The van der Waals surface area contributed by atoms with E-state index in [1.807, 2.05) is 0 Å². The summed E-state index contributed by atoms with van der Waals surface area (Å²) in [6, 6.07) is 4.53. The number of nitrogens with one attached hydrogen (secondary N) is 2. The molecule has 1 aromatic carbocycles. The molecule has 0 heterocycles. The molecule has 0 aliphatic rings. The van der Waals surface area contributed by atoms with E-state index in [-0.39, 0.29) is 11.6 Å². The van der Waals surface area contributed by atoms with Gasteiger partial charge in [0.15, 0.2) is 5.75 Å². The van der Waals surface area contributed by atoms with Gasteiger partial charge in [0.1, 0.15) is 0 Å². The number of hydrogen-bond acceptors (Lipinski definition) is 4. The van der Waals surface area contributed by atoms with Gasteiger partial charge in [-0.25, -0.2) is 8.42 Å². The van der Waals surface area contributed by atoms with Crippen LogP contribution >= 0.6 is 0 Å². The summed E-state index contributed by atoms with van der Waals surface area (Å²) in [6.07, 6.45) is 0. The predicted molar refractivity (Wildman–Crippen MR) is 70.5 cm³/mol. The van der Waals surface area contributed by atoms with Crippen LogP contribution in [0.5, 0.6) is 0 Å². The molecule has 8 heteroatoms. The molecular weight excluding hydrogens is 272 g/mol. The Morgan fingerprint density at radius 1 is 1.32 bits per heavy atom. The third kappa shape index (κ3) is 4.96. The maximum atomic E-state index is 11.4. The normalized spacial score (nSPS) is 10.8. The summed E-state index contributed by atoms with van der Waals surface area (Å²) in [6.45, 7) is 3.08. The molecule has 0 aromatic heterocycles. The van der Waals surface area contributed by atoms with Crippen molar-refractivity contribution in [2.24, 2.45) is 0 Å². The van der Waals surface area contributed by atoms with Gasteiger partial charge in [-0.15, -0.1) is 0 Å². The predicted octanol–water partition coefficient (Wildman–Crippen LogP) is 0.780. The number of sulfonamides is 1. The van der Waals surface area contributed by atoms with E-state index in [2.05, 4.69) is 10.0 Å². The van der Waals surface area contributed by atoms with E-state index in [9.17, 15) is 18.0 Å². The van der Waals surface area contributed by atoms with Crippen LogP contribution in [-0.4, -0.2) is 31.2 Å². The van der Waals surface area contributed by atoms with Crippen LogP contribution in [0.15, 0.2) is 18.2 Å². The van der Waals surface area contributed by atoms with Gasteiger partial charge in [-0.3, -0.25) is 14.3 Å². The maximum Gasteiger partial charge on any atom is 0.320 e. The van der Waals surface area contributed by atoms with Gasteiger partial charge in [0.05, 0.1) is 5.69 Å². The van der Waals surface area contributed by atoms with Gasteiger partial charge in [0, 0.05) is 12.6 Å². The summed E-state index contributed by atoms with van der Waals surface area (Å²) in [7, 11) is -3.95. The Morgan fingerprint density at radius 2 is 1.95 bits per heavy atom.